The van der Waals surface area contributed by atoms with Crippen LogP contribution in [0.25, 0.3) is 0 Å². The SMILES string of the molecule is C[C@H](CC(=O)[C@H](C)NC(=O)CBr)C(=O)Nc1cccc(Cc2ccc([C@@H]3O[C@@H]4C[C@H]5[C@@H]6CCC7=CC(=O)C=C[C@]7(C)[C@H]6[C@@H](O)C[C@]5(C)[C@]4(C(=O)CO)O3)cc2)c1.C[C@H](N)C(=O)C[C@@H](C)C(=O)Nc1cccc(Cc2ccc([C@@H]3O[C@@H]4C[C@H]5[C@@H]6CCC7=CC(=O)C=C[C@]7(C)[C@H]6[C@@H](O)C[C@]5(C)[C@]4(C(=O)CO)O3)cc2)c1. The largest absolute Gasteiger partial charge is 0.393 e. The number of carbonyl (C=O) groups excluding carboxylic acids is 9. The van der Waals surface area contributed by atoms with E-state index in [9.17, 15) is 63.6 Å². The Balaban J connectivity index is 0.000000191. The number of rotatable bonds is 22. The van der Waals surface area contributed by atoms with E-state index in [1.165, 1.54) is 0 Å². The van der Waals surface area contributed by atoms with E-state index >= 15 is 0 Å². The maximum absolute atomic E-state index is 13.9. The molecule has 21 nitrogen and oxygen atoms in total. The van der Waals surface area contributed by atoms with E-state index in [4.69, 9.17) is 24.7 Å². The van der Waals surface area contributed by atoms with Crippen LogP contribution in [0.1, 0.15) is 166 Å². The number of aliphatic hydroxyl groups is 4. The molecule has 574 valence electrons. The smallest absolute Gasteiger partial charge is 0.231 e. The van der Waals surface area contributed by atoms with Gasteiger partial charge in [-0.05, 0) is 173 Å². The van der Waals surface area contributed by atoms with E-state index in [0.717, 1.165) is 70.2 Å². The van der Waals surface area contributed by atoms with Crippen molar-refractivity contribution in [3.8, 4) is 0 Å². The average Bonchev–Trinajstić information content (AvgIpc) is 1.51. The number of allylic oxidation sites excluding steroid dienone is 8. The zero-order chi connectivity index (χ0) is 77.3. The van der Waals surface area contributed by atoms with Gasteiger partial charge in [0.2, 0.25) is 17.7 Å². The number of nitrogens with two attached hydrogens (primary N) is 1. The molecule has 0 spiro atoms. The minimum atomic E-state index is -1.42. The van der Waals surface area contributed by atoms with Crippen molar-refractivity contribution in [2.45, 2.75) is 193 Å². The quantitative estimate of drug-likeness (QED) is 0.0339. The number of ketones is 6. The van der Waals surface area contributed by atoms with E-state index < -0.39 is 119 Å². The lowest BCUT2D eigenvalue weighted by molar-refractivity contribution is -0.201. The monoisotopic (exact) mass is 1540 g/mol. The molecule has 8 aliphatic carbocycles. The first-order chi connectivity index (χ1) is 51.3. The fourth-order valence-corrected chi connectivity index (χ4v) is 21.4. The van der Waals surface area contributed by atoms with Gasteiger partial charge in [0.15, 0.2) is 52.7 Å². The van der Waals surface area contributed by atoms with Crippen LogP contribution in [0.2, 0.25) is 0 Å². The van der Waals surface area contributed by atoms with Crippen molar-refractivity contribution in [3.05, 3.63) is 178 Å². The molecule has 4 aromatic rings. The van der Waals surface area contributed by atoms with Gasteiger partial charge in [-0.2, -0.15) is 0 Å². The molecule has 8 fully saturated rings. The van der Waals surface area contributed by atoms with Gasteiger partial charge in [-0.3, -0.25) is 43.2 Å². The number of hydrogen-bond donors (Lipinski definition) is 8. The van der Waals surface area contributed by atoms with Crippen molar-refractivity contribution >= 4 is 79.7 Å². The lowest BCUT2D eigenvalue weighted by atomic mass is 9.46. The van der Waals surface area contributed by atoms with Crippen LogP contribution in [-0.2, 0) is 74.9 Å². The molecule has 0 aromatic heterocycles. The second kappa shape index (κ2) is 30.6. The zero-order valence-corrected chi connectivity index (χ0v) is 64.2. The predicted molar refractivity (Wildman–Crippen MR) is 405 cm³/mol. The average molecular weight is 1540 g/mol. The summed E-state index contributed by atoms with van der Waals surface area (Å²) in [5.41, 5.74) is 9.25. The molecule has 9 N–H and O–H groups in total. The minimum Gasteiger partial charge on any atom is -0.393 e. The summed E-state index contributed by atoms with van der Waals surface area (Å²) in [6, 6.07) is 29.4. The summed E-state index contributed by atoms with van der Waals surface area (Å²) in [6.07, 6.45) is 12.4. The first-order valence-electron chi connectivity index (χ1n) is 38.2. The van der Waals surface area contributed by atoms with Gasteiger partial charge >= 0.3 is 0 Å². The fraction of sp³-hybridized carbons (Fsp3) is 0.523. The number of alkyl halides is 1. The topological polar surface area (TPSA) is 334 Å². The molecule has 22 atom stereocenters. The lowest BCUT2D eigenvalue weighted by Crippen LogP contribution is -2.63. The number of anilines is 2. The summed E-state index contributed by atoms with van der Waals surface area (Å²) >= 11 is 3.06. The summed E-state index contributed by atoms with van der Waals surface area (Å²) < 4.78 is 26.7. The second-order valence-electron chi connectivity index (χ2n) is 33.2. The fourth-order valence-electron chi connectivity index (χ4n) is 21.3. The van der Waals surface area contributed by atoms with E-state index in [-0.39, 0.29) is 94.5 Å². The number of carbonyl (C=O) groups is 9. The molecule has 3 amide bonds. The molecule has 2 aliphatic heterocycles. The van der Waals surface area contributed by atoms with Gasteiger partial charge in [-0.1, -0.05) is 154 Å². The van der Waals surface area contributed by atoms with Crippen molar-refractivity contribution in [2.75, 3.05) is 29.2 Å². The van der Waals surface area contributed by atoms with Crippen LogP contribution in [0.3, 0.4) is 0 Å². The van der Waals surface area contributed by atoms with Crippen LogP contribution in [0.5, 0.6) is 0 Å². The van der Waals surface area contributed by atoms with Gasteiger partial charge in [0.05, 0.1) is 41.8 Å². The van der Waals surface area contributed by atoms with E-state index in [1.54, 1.807) is 58.1 Å². The molecule has 10 aliphatic rings. The van der Waals surface area contributed by atoms with Crippen LogP contribution in [-0.4, -0.2) is 139 Å². The van der Waals surface area contributed by atoms with Gasteiger partial charge in [0.25, 0.3) is 0 Å². The highest BCUT2D eigenvalue weighted by Crippen LogP contribution is 2.73. The number of halogens is 1. The molecular weight excluding hydrogens is 1440 g/mol. The Bertz CT molecular complexity index is 4360. The van der Waals surface area contributed by atoms with Crippen molar-refractivity contribution in [1.82, 2.24) is 5.32 Å². The van der Waals surface area contributed by atoms with Gasteiger partial charge in [0.1, 0.15) is 19.0 Å². The molecule has 2 heterocycles. The zero-order valence-electron chi connectivity index (χ0n) is 62.6. The summed E-state index contributed by atoms with van der Waals surface area (Å²) in [4.78, 5) is 114. The third-order valence-electron chi connectivity index (χ3n) is 26.7. The number of ether oxygens (including phenoxy) is 4. The molecule has 0 radical (unpaired) electrons. The van der Waals surface area contributed by atoms with Crippen molar-refractivity contribution in [3.63, 3.8) is 0 Å². The first-order valence-corrected chi connectivity index (χ1v) is 39.3. The molecule has 0 unspecified atom stereocenters. The Morgan fingerprint density at radius 1 is 0.574 bits per heavy atom. The molecule has 4 aromatic carbocycles. The Morgan fingerprint density at radius 3 is 1.37 bits per heavy atom. The first kappa shape index (κ1) is 78.5. The minimum absolute atomic E-state index is 0.00521. The molecular formula is C86H101BrN4O17. The number of hydrogen-bond acceptors (Lipinski definition) is 18. The maximum Gasteiger partial charge on any atom is 0.231 e. The standard InChI is InChI=1S/C44H51BrN2O9.C42H50N2O8/c1-24(16-34(50)25(2)46-38(53)22-45)40(54)47-30-7-5-6-27(18-30)17-26-8-10-28(11-9-26)41-55-37-20-33-32-13-12-29-19-31(49)14-15-42(29,3)39(32)35(51)21-43(33,4)44(37,56-41)36(52)23-48;1-23(16-33(47)24(2)43)38(50)44-29-7-5-6-26(18-29)17-25-8-10-27(11-9-25)39-51-36-20-32-31-13-12-28-19-30(46)14-15-40(28,3)37(31)34(48)21-41(32,4)42(36,52-39)35(49)22-45/h5-11,14-15,18-19,24-25,32-33,35,37,39,41,48,51H,12-13,16-17,20-23H2,1-4H3,(H,46,53)(H,47,54);5-11,14-15,18-19,23-24,31-32,34,36-37,39,45,48H,12-13,16-17,20-22,43H2,1-4H3,(H,44,50)/t24-,25+,32+,33+,35+,37-,39-,41-,42+,43+,44-;23-,24+,31+,32+,34+,36-,37-,39-,40+,41+,42-/m11/s1. The number of aliphatic hydroxyl groups excluding tert-OH is 4. The Kier molecular flexibility index (Phi) is 22.2. The van der Waals surface area contributed by atoms with E-state index in [1.807, 2.05) is 117 Å². The highest BCUT2D eigenvalue weighted by Gasteiger charge is 2.78. The van der Waals surface area contributed by atoms with Crippen molar-refractivity contribution in [1.29, 1.82) is 0 Å². The molecule has 2 saturated heterocycles. The number of benzene rings is 4. The lowest BCUT2D eigenvalue weighted by Gasteiger charge is -2.59. The molecule has 0 bridgehead atoms. The van der Waals surface area contributed by atoms with Crippen LogP contribution >= 0.6 is 15.9 Å². The predicted octanol–water partition coefficient (Wildman–Crippen LogP) is 10.1. The van der Waals surface area contributed by atoms with E-state index in [0.29, 0.717) is 49.9 Å². The van der Waals surface area contributed by atoms with Gasteiger partial charge in [0, 0.05) is 80.7 Å². The summed E-state index contributed by atoms with van der Waals surface area (Å²) in [6.45, 7) is 13.5. The highest BCUT2D eigenvalue weighted by molar-refractivity contribution is 9.09. The van der Waals surface area contributed by atoms with Crippen LogP contribution in [0.4, 0.5) is 11.4 Å². The molecule has 108 heavy (non-hydrogen) atoms. The third-order valence-corrected chi connectivity index (χ3v) is 27.2. The Morgan fingerprint density at radius 2 is 0.981 bits per heavy atom. The number of fused-ring (bicyclic) bond motifs is 14. The van der Waals surface area contributed by atoms with Gasteiger partial charge in [-0.15, -0.1) is 0 Å². The van der Waals surface area contributed by atoms with Gasteiger partial charge in [-0.25, -0.2) is 0 Å². The molecule has 22 heteroatoms. The van der Waals surface area contributed by atoms with Crippen LogP contribution in [0.15, 0.2) is 145 Å². The maximum atomic E-state index is 13.9. The summed E-state index contributed by atoms with van der Waals surface area (Å²) in [5.74, 6) is -3.19. The van der Waals surface area contributed by atoms with Crippen molar-refractivity contribution in [2.24, 2.45) is 74.7 Å². The number of Topliss-reactive ketones (excluding diaryl/α,β-unsaturated/α-hetero) is 4. The third kappa shape index (κ3) is 14.0. The number of amides is 3. The van der Waals surface area contributed by atoms with Gasteiger partial charge < -0.3 is 61.1 Å². The second-order valence-corrected chi connectivity index (χ2v) is 33.8. The summed E-state index contributed by atoms with van der Waals surface area (Å²) in [5, 5.41) is 52.9. The van der Waals surface area contributed by atoms with Crippen LogP contribution < -0.4 is 21.7 Å². The van der Waals surface area contributed by atoms with E-state index in [2.05, 4.69) is 45.7 Å². The molecule has 6 saturated carbocycles. The Hall–Kier alpha value is -7.61. The highest BCUT2D eigenvalue weighted by atomic mass is 79.9. The van der Waals surface area contributed by atoms with Crippen molar-refractivity contribution < 1.29 is 82.5 Å². The summed E-state index contributed by atoms with van der Waals surface area (Å²) in [7, 11) is 0. The molecule has 14 rings (SSSR count). The Labute approximate surface area is 638 Å². The normalized spacial score (nSPS) is 34.8. The number of nitrogens with one attached hydrogen (secondary N) is 3. The van der Waals surface area contributed by atoms with Crippen LogP contribution in [0, 0.1) is 69.0 Å².